The van der Waals surface area contributed by atoms with Gasteiger partial charge in [0.1, 0.15) is 5.78 Å². The quantitative estimate of drug-likeness (QED) is 0.193. The third-order valence-electron chi connectivity index (χ3n) is 6.78. The number of aliphatic hydroxyl groups is 1. The lowest BCUT2D eigenvalue weighted by Gasteiger charge is -2.58. The van der Waals surface area contributed by atoms with Crippen LogP contribution >= 0.6 is 0 Å². The maximum absolute atomic E-state index is 13.2. The number of carbonyl (C=O) groups is 1. The lowest BCUT2D eigenvalue weighted by Crippen LogP contribution is -2.85. The lowest BCUT2D eigenvalue weighted by molar-refractivity contribution is -0.384. The molecule has 1 rings (SSSR count). The van der Waals surface area contributed by atoms with Gasteiger partial charge in [0.25, 0.3) is 5.69 Å². The van der Waals surface area contributed by atoms with Crippen LogP contribution in [0.5, 0.6) is 0 Å². The summed E-state index contributed by atoms with van der Waals surface area (Å²) in [7, 11) is -5.03. The van der Waals surface area contributed by atoms with Gasteiger partial charge in [-0.05, 0) is 23.1 Å². The Morgan fingerprint density at radius 3 is 1.65 bits per heavy atom. The van der Waals surface area contributed by atoms with Crippen LogP contribution in [0.3, 0.4) is 0 Å². The standard InChI is InChI=1S/C24H47NO5Si4/c1-24(2,3)23(30-34(31(4,5)6,32(7,8)9)33(10,11)12)18-21(26)17-22(27)19-13-15-20(16-14-19)25(28)29/h13-16,22-23,27H,17-18H2,1-12H3/t22-,23-/m0/s1. The van der Waals surface area contributed by atoms with Crippen molar-refractivity contribution in [2.24, 2.45) is 5.41 Å². The topological polar surface area (TPSA) is 89.7 Å². The second-order valence-electron chi connectivity index (χ2n) is 13.7. The zero-order chi connectivity index (χ0) is 26.9. The van der Waals surface area contributed by atoms with Crippen molar-refractivity contribution >= 4 is 41.1 Å². The van der Waals surface area contributed by atoms with Crippen molar-refractivity contribution in [2.45, 2.75) is 105 Å². The second kappa shape index (κ2) is 10.6. The molecular weight excluding hydrogens is 495 g/mol. The first-order valence-electron chi connectivity index (χ1n) is 12.2. The van der Waals surface area contributed by atoms with Crippen molar-refractivity contribution in [3.05, 3.63) is 39.9 Å². The SMILES string of the molecule is CC(C)(C)[C@H](CC(=O)C[C@H](O)c1ccc([N+](=O)[O-])cc1)O[Si]([Si](C)(C)C)([Si](C)(C)C)[Si](C)(C)C. The summed E-state index contributed by atoms with van der Waals surface area (Å²) < 4.78 is 7.44. The molecule has 0 saturated carbocycles. The van der Waals surface area contributed by atoms with Gasteiger partial charge < -0.3 is 9.53 Å². The molecule has 194 valence electrons. The number of nitrogens with zero attached hydrogens (tertiary/aromatic N) is 1. The van der Waals surface area contributed by atoms with E-state index < -0.39 is 40.7 Å². The van der Waals surface area contributed by atoms with E-state index in [1.165, 1.54) is 24.3 Å². The molecule has 0 fully saturated rings. The van der Waals surface area contributed by atoms with E-state index in [4.69, 9.17) is 4.43 Å². The molecular formula is C24H47NO5Si4. The van der Waals surface area contributed by atoms with Crippen molar-refractivity contribution in [2.75, 3.05) is 0 Å². The van der Waals surface area contributed by atoms with Gasteiger partial charge in [-0.2, -0.15) is 0 Å². The van der Waals surface area contributed by atoms with Crippen LogP contribution in [0.25, 0.3) is 0 Å². The molecule has 0 aliphatic carbocycles. The van der Waals surface area contributed by atoms with Gasteiger partial charge in [-0.15, -0.1) is 0 Å². The fraction of sp³-hybridized carbons (Fsp3) is 0.708. The van der Waals surface area contributed by atoms with Crippen molar-refractivity contribution < 1.29 is 19.3 Å². The number of rotatable bonds is 11. The van der Waals surface area contributed by atoms with Crippen molar-refractivity contribution in [1.29, 1.82) is 0 Å². The molecule has 6 nitrogen and oxygen atoms in total. The van der Waals surface area contributed by atoms with Gasteiger partial charge in [0.2, 0.25) is 0 Å². The van der Waals surface area contributed by atoms with Crippen LogP contribution in [0, 0.1) is 15.5 Å². The molecule has 1 aromatic rings. The van der Waals surface area contributed by atoms with Gasteiger partial charge in [0.15, 0.2) is 6.87 Å². The zero-order valence-electron chi connectivity index (χ0n) is 23.4. The Kier molecular flexibility index (Phi) is 9.69. The number of hydrogen-bond donors (Lipinski definition) is 1. The van der Waals surface area contributed by atoms with Crippen LogP contribution < -0.4 is 0 Å². The summed E-state index contributed by atoms with van der Waals surface area (Å²) in [6.45, 7) is 26.5. The number of hydrogen-bond acceptors (Lipinski definition) is 5. The highest BCUT2D eigenvalue weighted by Gasteiger charge is 2.65. The molecule has 0 amide bonds. The normalized spacial score (nSPS) is 15.7. The Morgan fingerprint density at radius 1 is 0.912 bits per heavy atom. The first-order chi connectivity index (χ1) is 15.0. The van der Waals surface area contributed by atoms with E-state index in [9.17, 15) is 20.0 Å². The van der Waals surface area contributed by atoms with Crippen LogP contribution in [0.15, 0.2) is 24.3 Å². The minimum absolute atomic E-state index is 0.0187. The average molecular weight is 542 g/mol. The average Bonchev–Trinajstić information content (AvgIpc) is 2.60. The maximum Gasteiger partial charge on any atom is 0.269 e. The van der Waals surface area contributed by atoms with E-state index in [0.717, 1.165) is 0 Å². The van der Waals surface area contributed by atoms with Crippen LogP contribution in [0.4, 0.5) is 5.69 Å². The molecule has 1 aromatic carbocycles. The smallest absolute Gasteiger partial charge is 0.269 e. The summed E-state index contributed by atoms with van der Waals surface area (Å²) in [6.07, 6.45) is -0.917. The van der Waals surface area contributed by atoms with E-state index >= 15 is 0 Å². The van der Waals surface area contributed by atoms with Crippen LogP contribution in [-0.2, 0) is 9.22 Å². The zero-order valence-corrected chi connectivity index (χ0v) is 27.4. The van der Waals surface area contributed by atoms with Crippen LogP contribution in [-0.4, -0.2) is 51.6 Å². The molecule has 0 aromatic heterocycles. The number of nitro groups is 1. The van der Waals surface area contributed by atoms with E-state index in [1.54, 1.807) is 0 Å². The highest BCUT2D eigenvalue weighted by molar-refractivity contribution is 7.87. The molecule has 2 atom stereocenters. The third kappa shape index (κ3) is 7.07. The van der Waals surface area contributed by atoms with Crippen molar-refractivity contribution in [1.82, 2.24) is 0 Å². The number of benzene rings is 1. The Labute approximate surface area is 210 Å². The predicted octanol–water partition coefficient (Wildman–Crippen LogP) is 6.60. The maximum atomic E-state index is 13.2. The van der Waals surface area contributed by atoms with Gasteiger partial charge in [0, 0.05) is 25.0 Å². The molecule has 10 heteroatoms. The van der Waals surface area contributed by atoms with Gasteiger partial charge >= 0.3 is 0 Å². The number of aliphatic hydroxyl groups excluding tert-OH is 1. The molecule has 0 aliphatic rings. The molecule has 34 heavy (non-hydrogen) atoms. The highest BCUT2D eigenvalue weighted by Crippen LogP contribution is 2.42. The molecule has 0 unspecified atom stereocenters. The molecule has 0 heterocycles. The lowest BCUT2D eigenvalue weighted by atomic mass is 9.85. The summed E-state index contributed by atoms with van der Waals surface area (Å²) in [5.74, 6) is -0.0320. The molecule has 0 saturated heterocycles. The second-order valence-corrected chi connectivity index (χ2v) is 53.2. The minimum Gasteiger partial charge on any atom is -0.422 e. The Balaban J connectivity index is 3.25. The number of non-ortho nitro benzene ring substituents is 1. The van der Waals surface area contributed by atoms with Crippen molar-refractivity contribution in [3.8, 4) is 0 Å². The first-order valence-corrected chi connectivity index (χ1v) is 27.6. The molecule has 0 aliphatic heterocycles. The van der Waals surface area contributed by atoms with Crippen LogP contribution in [0.2, 0.25) is 58.9 Å². The summed E-state index contributed by atoms with van der Waals surface area (Å²) >= 11 is 0. The Morgan fingerprint density at radius 2 is 1.32 bits per heavy atom. The fourth-order valence-corrected chi connectivity index (χ4v) is 100. The fourth-order valence-electron chi connectivity index (χ4n) is 6.09. The number of ketones is 1. The van der Waals surface area contributed by atoms with Crippen LogP contribution in [0.1, 0.15) is 45.3 Å². The molecule has 0 spiro atoms. The molecule has 1 N–H and O–H groups in total. The summed E-state index contributed by atoms with van der Waals surface area (Å²) in [5.41, 5.74) is 0.279. The van der Waals surface area contributed by atoms with Crippen molar-refractivity contribution in [3.63, 3.8) is 0 Å². The van der Waals surface area contributed by atoms with E-state index in [-0.39, 0.29) is 35.8 Å². The van der Waals surface area contributed by atoms with Gasteiger partial charge in [0.05, 0.1) is 39.9 Å². The monoisotopic (exact) mass is 541 g/mol. The first kappa shape index (κ1) is 31.1. The van der Waals surface area contributed by atoms with Gasteiger partial charge in [-0.3, -0.25) is 14.9 Å². The molecule has 0 bridgehead atoms. The third-order valence-corrected chi connectivity index (χ3v) is 74.3. The number of carbonyl (C=O) groups excluding carboxylic acids is 1. The summed E-state index contributed by atoms with van der Waals surface area (Å²) in [6, 6.07) is 5.76. The predicted molar refractivity (Wildman–Crippen MR) is 152 cm³/mol. The van der Waals surface area contributed by atoms with E-state index in [0.29, 0.717) is 5.56 Å². The van der Waals surface area contributed by atoms with E-state index in [1.807, 2.05) is 0 Å². The summed E-state index contributed by atoms with van der Waals surface area (Å²) in [5, 5.41) is 21.5. The molecule has 0 radical (unpaired) electrons. The number of nitro benzene ring substituents is 1. The van der Waals surface area contributed by atoms with Gasteiger partial charge in [-0.1, -0.05) is 79.7 Å². The van der Waals surface area contributed by atoms with E-state index in [2.05, 4.69) is 79.7 Å². The number of Topliss-reactive ketones (excluding diaryl/α,β-unsaturated/α-hetero) is 1. The Bertz CT molecular complexity index is 826. The van der Waals surface area contributed by atoms with Gasteiger partial charge in [-0.25, -0.2) is 0 Å². The highest BCUT2D eigenvalue weighted by atomic mass is 29.9. The Hall–Kier alpha value is -0.922. The largest absolute Gasteiger partial charge is 0.422 e. The minimum atomic E-state index is -2.12. The summed E-state index contributed by atoms with van der Waals surface area (Å²) in [4.78, 5) is 23.6.